The van der Waals surface area contributed by atoms with Gasteiger partial charge in [-0.15, -0.1) is 0 Å². The summed E-state index contributed by atoms with van der Waals surface area (Å²) in [6, 6.07) is 2.48. The number of pyridine rings is 1. The van der Waals surface area contributed by atoms with E-state index in [0.717, 1.165) is 6.07 Å². The maximum Gasteiger partial charge on any atom is 0.254 e. The summed E-state index contributed by atoms with van der Waals surface area (Å²) in [6.07, 6.45) is 1.42. The number of nitrogens with zero attached hydrogens (tertiary/aromatic N) is 2. The molecule has 0 saturated carbocycles. The van der Waals surface area contributed by atoms with Crippen molar-refractivity contribution in [2.45, 2.75) is 20.4 Å². The van der Waals surface area contributed by atoms with Crippen LogP contribution in [0.25, 0.3) is 0 Å². The third-order valence-electron chi connectivity index (χ3n) is 2.40. The molecule has 1 aromatic heterocycles. The lowest BCUT2D eigenvalue weighted by Gasteiger charge is -2.18. The largest absolute Gasteiger partial charge is 0.508 e. The molecule has 5 heteroatoms. The van der Waals surface area contributed by atoms with Crippen LogP contribution >= 0.6 is 0 Å². The summed E-state index contributed by atoms with van der Waals surface area (Å²) in [6.45, 7) is 5.05. The van der Waals surface area contributed by atoms with Gasteiger partial charge in [0.25, 0.3) is 5.56 Å². The molecule has 5 nitrogen and oxygen atoms in total. The summed E-state index contributed by atoms with van der Waals surface area (Å²) in [4.78, 5) is 24.8. The molecule has 0 saturated heterocycles. The molecule has 0 atom stereocenters. The fourth-order valence-corrected chi connectivity index (χ4v) is 1.45. The summed E-state index contributed by atoms with van der Waals surface area (Å²) in [5, 5.41) is 9.06. The number of amides is 1. The van der Waals surface area contributed by atoms with Crippen LogP contribution in [0, 0.1) is 0 Å². The molecule has 88 valence electrons. The maximum atomic E-state index is 11.7. The molecule has 1 amide bonds. The van der Waals surface area contributed by atoms with Crippen LogP contribution in [0.3, 0.4) is 0 Å². The Morgan fingerprint density at radius 3 is 2.56 bits per heavy atom. The van der Waals surface area contributed by atoms with Crippen molar-refractivity contribution < 1.29 is 9.90 Å². The fourth-order valence-electron chi connectivity index (χ4n) is 1.45. The van der Waals surface area contributed by atoms with Crippen LogP contribution < -0.4 is 5.56 Å². The average Bonchev–Trinajstić information content (AvgIpc) is 2.24. The van der Waals surface area contributed by atoms with Crippen molar-refractivity contribution in [3.05, 3.63) is 28.7 Å². The van der Waals surface area contributed by atoms with Crippen LogP contribution in [-0.4, -0.2) is 33.6 Å². The highest BCUT2D eigenvalue weighted by atomic mass is 16.3. The zero-order valence-electron chi connectivity index (χ0n) is 9.51. The van der Waals surface area contributed by atoms with Gasteiger partial charge in [-0.25, -0.2) is 0 Å². The zero-order valence-corrected chi connectivity index (χ0v) is 9.51. The second kappa shape index (κ2) is 5.34. The Hall–Kier alpha value is -1.78. The highest BCUT2D eigenvalue weighted by Gasteiger charge is 2.10. The Labute approximate surface area is 93.9 Å². The minimum absolute atomic E-state index is 0.0147. The Bertz CT molecular complexity index is 421. The molecule has 0 aromatic carbocycles. The maximum absolute atomic E-state index is 11.7. The second-order valence-corrected chi connectivity index (χ2v) is 3.42. The molecular weight excluding hydrogens is 208 g/mol. The number of carbonyl (C=O) groups is 1. The lowest BCUT2D eigenvalue weighted by atomic mass is 10.4. The minimum atomic E-state index is -0.375. The molecule has 0 aliphatic carbocycles. The highest BCUT2D eigenvalue weighted by molar-refractivity contribution is 5.75. The summed E-state index contributed by atoms with van der Waals surface area (Å²) < 4.78 is 1.28. The van der Waals surface area contributed by atoms with E-state index in [9.17, 15) is 9.59 Å². The first-order valence-corrected chi connectivity index (χ1v) is 5.25. The van der Waals surface area contributed by atoms with Crippen LogP contribution in [0.1, 0.15) is 13.8 Å². The van der Waals surface area contributed by atoms with Crippen molar-refractivity contribution in [2.24, 2.45) is 0 Å². The van der Waals surface area contributed by atoms with Crippen molar-refractivity contribution in [1.29, 1.82) is 0 Å². The Balaban J connectivity index is 2.81. The van der Waals surface area contributed by atoms with E-state index in [2.05, 4.69) is 0 Å². The van der Waals surface area contributed by atoms with Crippen molar-refractivity contribution in [3.8, 4) is 5.75 Å². The molecule has 16 heavy (non-hydrogen) atoms. The normalized spacial score (nSPS) is 10.1. The number of rotatable bonds is 4. The molecule has 1 rings (SSSR count). The molecule has 1 heterocycles. The van der Waals surface area contributed by atoms with E-state index >= 15 is 0 Å². The third-order valence-corrected chi connectivity index (χ3v) is 2.40. The molecule has 1 N–H and O–H groups in total. The van der Waals surface area contributed by atoms with E-state index in [0.29, 0.717) is 13.1 Å². The van der Waals surface area contributed by atoms with Crippen LogP contribution in [0.5, 0.6) is 5.75 Å². The van der Waals surface area contributed by atoms with E-state index in [1.807, 2.05) is 13.8 Å². The molecule has 0 aliphatic heterocycles. The summed E-state index contributed by atoms with van der Waals surface area (Å²) in [7, 11) is 0. The van der Waals surface area contributed by atoms with E-state index < -0.39 is 0 Å². The quantitative estimate of drug-likeness (QED) is 0.806. The monoisotopic (exact) mass is 224 g/mol. The van der Waals surface area contributed by atoms with Crippen LogP contribution in [-0.2, 0) is 11.3 Å². The lowest BCUT2D eigenvalue weighted by molar-refractivity contribution is -0.131. The van der Waals surface area contributed by atoms with Gasteiger partial charge in [-0.2, -0.15) is 0 Å². The number of hydrogen-bond donors (Lipinski definition) is 1. The summed E-state index contributed by atoms with van der Waals surface area (Å²) >= 11 is 0. The molecule has 1 aromatic rings. The van der Waals surface area contributed by atoms with Crippen LogP contribution in [0.4, 0.5) is 0 Å². The van der Waals surface area contributed by atoms with Crippen molar-refractivity contribution in [1.82, 2.24) is 9.47 Å². The molecule has 0 aliphatic rings. The van der Waals surface area contributed by atoms with Gasteiger partial charge in [0.15, 0.2) is 0 Å². The predicted octanol–water partition coefficient (Wildman–Crippen LogP) is 0.422. The van der Waals surface area contributed by atoms with Crippen LogP contribution in [0.15, 0.2) is 23.1 Å². The van der Waals surface area contributed by atoms with Gasteiger partial charge in [-0.1, -0.05) is 0 Å². The van der Waals surface area contributed by atoms with Gasteiger partial charge in [-0.3, -0.25) is 9.59 Å². The number of carbonyl (C=O) groups excluding carboxylic acids is 1. The average molecular weight is 224 g/mol. The van der Waals surface area contributed by atoms with Gasteiger partial charge in [0.1, 0.15) is 12.3 Å². The zero-order chi connectivity index (χ0) is 12.1. The predicted molar refractivity (Wildman–Crippen MR) is 60.3 cm³/mol. The van der Waals surface area contributed by atoms with Crippen molar-refractivity contribution in [3.63, 3.8) is 0 Å². The molecule has 0 fully saturated rings. The van der Waals surface area contributed by atoms with Gasteiger partial charge in [-0.05, 0) is 19.9 Å². The number of likely N-dealkylation sites (N-methyl/N-ethyl adjacent to an activating group) is 1. The Morgan fingerprint density at radius 1 is 1.44 bits per heavy atom. The molecule has 0 radical (unpaired) electrons. The first-order chi connectivity index (χ1) is 7.58. The van der Waals surface area contributed by atoms with E-state index in [1.54, 1.807) is 4.90 Å². The van der Waals surface area contributed by atoms with Crippen molar-refractivity contribution in [2.75, 3.05) is 13.1 Å². The van der Waals surface area contributed by atoms with Crippen LogP contribution in [0.2, 0.25) is 0 Å². The van der Waals surface area contributed by atoms with Gasteiger partial charge in [0.2, 0.25) is 5.91 Å². The summed E-state index contributed by atoms with van der Waals surface area (Å²) in [5.41, 5.74) is -0.375. The SMILES string of the molecule is CCN(CC)C(=O)Cn1ccc(O)cc1=O. The van der Waals surface area contributed by atoms with Crippen molar-refractivity contribution >= 4 is 5.91 Å². The van der Waals surface area contributed by atoms with Gasteiger partial charge in [0, 0.05) is 25.4 Å². The van der Waals surface area contributed by atoms with Gasteiger partial charge in [0.05, 0.1) is 0 Å². The lowest BCUT2D eigenvalue weighted by Crippen LogP contribution is -2.35. The molecule has 0 spiro atoms. The second-order valence-electron chi connectivity index (χ2n) is 3.42. The van der Waals surface area contributed by atoms with E-state index in [-0.39, 0.29) is 23.8 Å². The first-order valence-electron chi connectivity index (χ1n) is 5.25. The standard InChI is InChI=1S/C11H16N2O3/c1-3-12(4-2)11(16)8-13-6-5-9(14)7-10(13)15/h5-7,14H,3-4,8H2,1-2H3. The number of aromatic nitrogens is 1. The van der Waals surface area contributed by atoms with E-state index in [4.69, 9.17) is 5.11 Å². The molecular formula is C11H16N2O3. The Kier molecular flexibility index (Phi) is 4.10. The number of aromatic hydroxyl groups is 1. The number of hydrogen-bond acceptors (Lipinski definition) is 3. The highest BCUT2D eigenvalue weighted by Crippen LogP contribution is 2.01. The first kappa shape index (κ1) is 12.3. The summed E-state index contributed by atoms with van der Waals surface area (Å²) in [5.74, 6) is -0.186. The van der Waals surface area contributed by atoms with E-state index in [1.165, 1.54) is 16.8 Å². The minimum Gasteiger partial charge on any atom is -0.508 e. The Morgan fingerprint density at radius 2 is 2.06 bits per heavy atom. The third kappa shape index (κ3) is 2.85. The smallest absolute Gasteiger partial charge is 0.254 e. The van der Waals surface area contributed by atoms with Gasteiger partial charge < -0.3 is 14.6 Å². The van der Waals surface area contributed by atoms with Gasteiger partial charge >= 0.3 is 0 Å². The topological polar surface area (TPSA) is 62.5 Å². The fraction of sp³-hybridized carbons (Fsp3) is 0.455. The molecule has 0 bridgehead atoms. The molecule has 0 unspecified atom stereocenters.